The van der Waals surface area contributed by atoms with E-state index in [2.05, 4.69) is 30.5 Å². The molecule has 1 heterocycles. The first-order valence-corrected chi connectivity index (χ1v) is 8.57. The van der Waals surface area contributed by atoms with Gasteiger partial charge in [0.1, 0.15) is 5.75 Å². The molecular weight excluding hydrogens is 260 g/mol. The summed E-state index contributed by atoms with van der Waals surface area (Å²) < 4.78 is 5.56. The average Bonchev–Trinajstić information content (AvgIpc) is 2.97. The molecule has 0 bridgehead atoms. The highest BCUT2D eigenvalue weighted by molar-refractivity contribution is 5.40. The summed E-state index contributed by atoms with van der Waals surface area (Å²) in [5.74, 6) is 6.80. The van der Waals surface area contributed by atoms with Crippen LogP contribution < -0.4 is 16.0 Å². The third-order valence-electron chi connectivity index (χ3n) is 4.41. The summed E-state index contributed by atoms with van der Waals surface area (Å²) >= 11 is 0. The number of unbranched alkanes of at least 4 members (excludes halogenated alkanes) is 6. The van der Waals surface area contributed by atoms with Gasteiger partial charge in [-0.2, -0.15) is 0 Å². The van der Waals surface area contributed by atoms with Gasteiger partial charge in [-0.15, -0.1) is 0 Å². The number of nitrogens with one attached hydrogen (secondary N) is 1. The van der Waals surface area contributed by atoms with Gasteiger partial charge in [-0.05, 0) is 23.6 Å². The summed E-state index contributed by atoms with van der Waals surface area (Å²) in [5.41, 5.74) is 5.60. The fraction of sp³-hybridized carbons (Fsp3) is 0.667. The number of nitrogens with two attached hydrogens (primary N) is 1. The Bertz CT molecular complexity index is 420. The maximum atomic E-state index is 5.75. The number of hydrogen-bond acceptors (Lipinski definition) is 3. The Morgan fingerprint density at radius 2 is 1.90 bits per heavy atom. The number of hydrogen-bond donors (Lipinski definition) is 2. The van der Waals surface area contributed by atoms with E-state index in [1.54, 1.807) is 0 Å². The summed E-state index contributed by atoms with van der Waals surface area (Å²) in [6.07, 6.45) is 11.5. The quantitative estimate of drug-likeness (QED) is 0.384. The second-order valence-electron chi connectivity index (χ2n) is 6.09. The standard InChI is InChI=1S/C18H30N2O/c1-2-3-4-5-6-7-8-9-17(20-19)15-10-11-18-16(14-15)12-13-21-18/h10-11,14,17,20H,2-9,12-13,19H2,1H3. The lowest BCUT2D eigenvalue weighted by Gasteiger charge is -2.17. The summed E-state index contributed by atoms with van der Waals surface area (Å²) in [6, 6.07) is 6.77. The van der Waals surface area contributed by atoms with Crippen LogP contribution in [-0.2, 0) is 6.42 Å². The van der Waals surface area contributed by atoms with E-state index in [-0.39, 0.29) is 6.04 Å². The first-order chi connectivity index (χ1) is 10.3. The molecule has 3 nitrogen and oxygen atoms in total. The molecule has 0 saturated carbocycles. The minimum Gasteiger partial charge on any atom is -0.493 e. The van der Waals surface area contributed by atoms with E-state index in [1.165, 1.54) is 56.1 Å². The van der Waals surface area contributed by atoms with E-state index in [0.29, 0.717) is 0 Å². The highest BCUT2D eigenvalue weighted by Crippen LogP contribution is 2.29. The van der Waals surface area contributed by atoms with E-state index in [0.717, 1.165) is 25.2 Å². The van der Waals surface area contributed by atoms with Crippen LogP contribution in [0.15, 0.2) is 18.2 Å². The van der Waals surface area contributed by atoms with Crippen molar-refractivity contribution >= 4 is 0 Å². The van der Waals surface area contributed by atoms with Crippen LogP contribution >= 0.6 is 0 Å². The van der Waals surface area contributed by atoms with Crippen molar-refractivity contribution in [1.82, 2.24) is 5.43 Å². The molecule has 0 spiro atoms. The van der Waals surface area contributed by atoms with E-state index >= 15 is 0 Å². The number of benzene rings is 1. The predicted molar refractivity (Wildman–Crippen MR) is 88.3 cm³/mol. The lowest BCUT2D eigenvalue weighted by atomic mass is 9.98. The zero-order valence-corrected chi connectivity index (χ0v) is 13.4. The van der Waals surface area contributed by atoms with E-state index in [9.17, 15) is 0 Å². The largest absolute Gasteiger partial charge is 0.493 e. The molecule has 118 valence electrons. The minimum absolute atomic E-state index is 0.270. The topological polar surface area (TPSA) is 47.3 Å². The summed E-state index contributed by atoms with van der Waals surface area (Å²) in [5, 5.41) is 0. The summed E-state index contributed by atoms with van der Waals surface area (Å²) in [6.45, 7) is 3.08. The molecule has 1 aliphatic rings. The molecule has 1 atom stereocenters. The van der Waals surface area contributed by atoms with E-state index in [4.69, 9.17) is 10.6 Å². The van der Waals surface area contributed by atoms with Gasteiger partial charge in [0, 0.05) is 12.5 Å². The van der Waals surface area contributed by atoms with Crippen molar-refractivity contribution < 1.29 is 4.74 Å². The Morgan fingerprint density at radius 3 is 2.67 bits per heavy atom. The van der Waals surface area contributed by atoms with Crippen LogP contribution in [0, 0.1) is 0 Å². The maximum absolute atomic E-state index is 5.75. The molecule has 2 rings (SSSR count). The molecule has 0 saturated heterocycles. The molecule has 1 aromatic carbocycles. The Hall–Kier alpha value is -1.06. The Morgan fingerprint density at radius 1 is 1.14 bits per heavy atom. The van der Waals surface area contributed by atoms with Crippen molar-refractivity contribution in [3.8, 4) is 5.75 Å². The minimum atomic E-state index is 0.270. The third-order valence-corrected chi connectivity index (χ3v) is 4.41. The van der Waals surface area contributed by atoms with Crippen molar-refractivity contribution in [3.05, 3.63) is 29.3 Å². The Kier molecular flexibility index (Phi) is 7.04. The highest BCUT2D eigenvalue weighted by Gasteiger charge is 2.15. The van der Waals surface area contributed by atoms with Gasteiger partial charge in [0.15, 0.2) is 0 Å². The SMILES string of the molecule is CCCCCCCCCC(NN)c1ccc2c(c1)CCO2. The first-order valence-electron chi connectivity index (χ1n) is 8.57. The van der Waals surface area contributed by atoms with Crippen LogP contribution in [0.1, 0.15) is 75.5 Å². The van der Waals surface area contributed by atoms with Crippen LogP contribution in [0.2, 0.25) is 0 Å². The van der Waals surface area contributed by atoms with Crippen LogP contribution in [0.25, 0.3) is 0 Å². The Balaban J connectivity index is 1.73. The fourth-order valence-electron chi connectivity index (χ4n) is 3.08. The highest BCUT2D eigenvalue weighted by atomic mass is 16.5. The summed E-state index contributed by atoms with van der Waals surface area (Å²) in [7, 11) is 0. The molecule has 0 aliphatic carbocycles. The van der Waals surface area contributed by atoms with Gasteiger partial charge >= 0.3 is 0 Å². The lowest BCUT2D eigenvalue weighted by molar-refractivity contribution is 0.356. The van der Waals surface area contributed by atoms with Gasteiger partial charge in [0.05, 0.1) is 6.61 Å². The van der Waals surface area contributed by atoms with Crippen LogP contribution in [-0.4, -0.2) is 6.61 Å². The van der Waals surface area contributed by atoms with E-state index in [1.807, 2.05) is 0 Å². The molecule has 1 unspecified atom stereocenters. The van der Waals surface area contributed by atoms with Crippen LogP contribution in [0.3, 0.4) is 0 Å². The number of ether oxygens (including phenoxy) is 1. The predicted octanol–water partition coefficient (Wildman–Crippen LogP) is 4.27. The zero-order valence-electron chi connectivity index (χ0n) is 13.4. The molecule has 0 amide bonds. The number of fused-ring (bicyclic) bond motifs is 1. The average molecular weight is 290 g/mol. The van der Waals surface area contributed by atoms with Crippen molar-refractivity contribution in [2.45, 2.75) is 70.8 Å². The fourth-order valence-corrected chi connectivity index (χ4v) is 3.08. The van der Waals surface area contributed by atoms with Gasteiger partial charge in [-0.3, -0.25) is 11.3 Å². The molecule has 3 N–H and O–H groups in total. The third kappa shape index (κ3) is 5.01. The van der Waals surface area contributed by atoms with Gasteiger partial charge < -0.3 is 4.74 Å². The molecule has 0 radical (unpaired) electrons. The monoisotopic (exact) mass is 290 g/mol. The van der Waals surface area contributed by atoms with Crippen molar-refractivity contribution in [1.29, 1.82) is 0 Å². The second kappa shape index (κ2) is 9.06. The van der Waals surface area contributed by atoms with Crippen molar-refractivity contribution in [2.24, 2.45) is 5.84 Å². The Labute approximate surface area is 129 Å². The van der Waals surface area contributed by atoms with Crippen molar-refractivity contribution in [2.75, 3.05) is 6.61 Å². The molecule has 0 aromatic heterocycles. The lowest BCUT2D eigenvalue weighted by Crippen LogP contribution is -2.28. The van der Waals surface area contributed by atoms with Crippen molar-refractivity contribution in [3.63, 3.8) is 0 Å². The molecular formula is C18H30N2O. The van der Waals surface area contributed by atoms with Gasteiger partial charge in [0.2, 0.25) is 0 Å². The molecule has 0 fully saturated rings. The first kappa shape index (κ1) is 16.3. The van der Waals surface area contributed by atoms with Gasteiger partial charge in [-0.25, -0.2) is 0 Å². The van der Waals surface area contributed by atoms with Gasteiger partial charge in [0.25, 0.3) is 0 Å². The van der Waals surface area contributed by atoms with Crippen LogP contribution in [0.5, 0.6) is 5.75 Å². The molecule has 1 aliphatic heterocycles. The maximum Gasteiger partial charge on any atom is 0.122 e. The number of hydrazine groups is 1. The molecule has 21 heavy (non-hydrogen) atoms. The normalized spacial score (nSPS) is 14.8. The number of rotatable bonds is 10. The van der Waals surface area contributed by atoms with Crippen LogP contribution in [0.4, 0.5) is 0 Å². The molecule has 1 aromatic rings. The van der Waals surface area contributed by atoms with Gasteiger partial charge in [-0.1, -0.05) is 64.0 Å². The smallest absolute Gasteiger partial charge is 0.122 e. The second-order valence-corrected chi connectivity index (χ2v) is 6.09. The zero-order chi connectivity index (χ0) is 14.9. The summed E-state index contributed by atoms with van der Waals surface area (Å²) in [4.78, 5) is 0. The molecule has 3 heteroatoms. The van der Waals surface area contributed by atoms with E-state index < -0.39 is 0 Å².